The van der Waals surface area contributed by atoms with E-state index in [4.69, 9.17) is 9.15 Å². The van der Waals surface area contributed by atoms with Crippen molar-refractivity contribution in [2.24, 2.45) is 0 Å². The first-order valence-electron chi connectivity index (χ1n) is 6.48. The second-order valence-electron chi connectivity index (χ2n) is 4.87. The van der Waals surface area contributed by atoms with E-state index in [1.165, 1.54) is 0 Å². The van der Waals surface area contributed by atoms with Crippen molar-refractivity contribution < 1.29 is 13.9 Å². The zero-order valence-electron chi connectivity index (χ0n) is 12.1. The number of aldehydes is 1. The van der Waals surface area contributed by atoms with Crippen molar-refractivity contribution in [3.63, 3.8) is 0 Å². The van der Waals surface area contributed by atoms with Gasteiger partial charge < -0.3 is 9.15 Å². The van der Waals surface area contributed by atoms with Gasteiger partial charge in [0.05, 0.1) is 13.7 Å². The summed E-state index contributed by atoms with van der Waals surface area (Å²) in [5.74, 6) is 2.63. The number of aryl methyl sites for hydroxylation is 1. The van der Waals surface area contributed by atoms with Crippen LogP contribution in [0.4, 0.5) is 0 Å². The highest BCUT2D eigenvalue weighted by molar-refractivity contribution is 5.75. The molecule has 1 aromatic carbocycles. The van der Waals surface area contributed by atoms with Gasteiger partial charge in [-0.25, -0.2) is 0 Å². The molecule has 0 radical (unpaired) electrons. The van der Waals surface area contributed by atoms with Crippen molar-refractivity contribution in [3.05, 3.63) is 53.0 Å². The molecule has 0 N–H and O–H groups in total. The molecular formula is C16H19NO3. The molecule has 0 amide bonds. The average Bonchev–Trinajstić information content (AvgIpc) is 2.83. The van der Waals surface area contributed by atoms with Crippen molar-refractivity contribution >= 4 is 6.29 Å². The fourth-order valence-corrected chi connectivity index (χ4v) is 2.18. The maximum Gasteiger partial charge on any atom is 0.150 e. The van der Waals surface area contributed by atoms with E-state index in [1.807, 2.05) is 38.2 Å². The molecule has 2 rings (SSSR count). The number of rotatable bonds is 6. The summed E-state index contributed by atoms with van der Waals surface area (Å²) >= 11 is 0. The number of furan rings is 1. The van der Waals surface area contributed by atoms with E-state index < -0.39 is 0 Å². The van der Waals surface area contributed by atoms with Crippen LogP contribution in [-0.4, -0.2) is 25.3 Å². The summed E-state index contributed by atoms with van der Waals surface area (Å²) in [7, 11) is 3.64. The minimum absolute atomic E-state index is 0.656. The molecule has 1 heterocycles. The van der Waals surface area contributed by atoms with E-state index in [9.17, 15) is 4.79 Å². The van der Waals surface area contributed by atoms with Crippen LogP contribution in [0.25, 0.3) is 0 Å². The zero-order valence-corrected chi connectivity index (χ0v) is 12.1. The van der Waals surface area contributed by atoms with Crippen molar-refractivity contribution in [1.29, 1.82) is 0 Å². The zero-order chi connectivity index (χ0) is 14.5. The van der Waals surface area contributed by atoms with Crippen LogP contribution in [0.15, 0.2) is 34.7 Å². The van der Waals surface area contributed by atoms with E-state index in [0.717, 1.165) is 29.1 Å². The second-order valence-corrected chi connectivity index (χ2v) is 4.87. The van der Waals surface area contributed by atoms with Crippen molar-refractivity contribution in [1.82, 2.24) is 4.90 Å². The van der Waals surface area contributed by atoms with Gasteiger partial charge in [-0.15, -0.1) is 0 Å². The lowest BCUT2D eigenvalue weighted by molar-refractivity contribution is 0.112. The molecule has 1 aromatic heterocycles. The highest BCUT2D eigenvalue weighted by Crippen LogP contribution is 2.21. The summed E-state index contributed by atoms with van der Waals surface area (Å²) in [6.45, 7) is 3.33. The van der Waals surface area contributed by atoms with Gasteiger partial charge in [-0.1, -0.05) is 0 Å². The van der Waals surface area contributed by atoms with Gasteiger partial charge in [0.15, 0.2) is 0 Å². The third-order valence-electron chi connectivity index (χ3n) is 3.10. The molecule has 0 aliphatic rings. The van der Waals surface area contributed by atoms with E-state index in [-0.39, 0.29) is 0 Å². The monoisotopic (exact) mass is 273 g/mol. The lowest BCUT2D eigenvalue weighted by Crippen LogP contribution is -2.17. The Morgan fingerprint density at radius 1 is 1.25 bits per heavy atom. The number of hydrogen-bond donors (Lipinski definition) is 0. The number of nitrogens with zero attached hydrogens (tertiary/aromatic N) is 1. The lowest BCUT2D eigenvalue weighted by atomic mass is 10.1. The number of hydrogen-bond acceptors (Lipinski definition) is 4. The number of carbonyl (C=O) groups is 1. The second kappa shape index (κ2) is 6.39. The number of carbonyl (C=O) groups excluding carboxylic acids is 1. The van der Waals surface area contributed by atoms with Gasteiger partial charge in [0, 0.05) is 17.7 Å². The Kier molecular flexibility index (Phi) is 4.58. The molecule has 0 spiro atoms. The summed E-state index contributed by atoms with van der Waals surface area (Å²) in [5.41, 5.74) is 1.64. The Labute approximate surface area is 119 Å². The lowest BCUT2D eigenvalue weighted by Gasteiger charge is -2.17. The van der Waals surface area contributed by atoms with Crippen LogP contribution in [0, 0.1) is 6.92 Å². The predicted molar refractivity (Wildman–Crippen MR) is 77.0 cm³/mol. The molecule has 0 fully saturated rings. The average molecular weight is 273 g/mol. The molecule has 2 aromatic rings. The van der Waals surface area contributed by atoms with Crippen LogP contribution >= 0.6 is 0 Å². The van der Waals surface area contributed by atoms with E-state index in [0.29, 0.717) is 18.7 Å². The third-order valence-corrected chi connectivity index (χ3v) is 3.10. The molecule has 0 saturated heterocycles. The Hall–Kier alpha value is -2.07. The first kappa shape index (κ1) is 14.3. The van der Waals surface area contributed by atoms with Crippen molar-refractivity contribution in [2.75, 3.05) is 14.2 Å². The van der Waals surface area contributed by atoms with Crippen LogP contribution in [0.2, 0.25) is 0 Å². The normalized spacial score (nSPS) is 10.8. The molecule has 0 bridgehead atoms. The summed E-state index contributed by atoms with van der Waals surface area (Å²) in [5, 5.41) is 0. The van der Waals surface area contributed by atoms with E-state index in [1.54, 1.807) is 13.2 Å². The number of benzene rings is 1. The standard InChI is InChI=1S/C16H19NO3/c1-12-4-6-15(20-12)10-17(2)9-14-8-13(11-18)5-7-16(14)19-3/h4-8,11H,9-10H2,1-3H3. The Morgan fingerprint density at radius 3 is 2.65 bits per heavy atom. The fraction of sp³-hybridized carbons (Fsp3) is 0.312. The maximum absolute atomic E-state index is 10.9. The van der Waals surface area contributed by atoms with E-state index >= 15 is 0 Å². The molecule has 20 heavy (non-hydrogen) atoms. The Bertz CT molecular complexity index is 589. The number of ether oxygens (including phenoxy) is 1. The fourth-order valence-electron chi connectivity index (χ4n) is 2.18. The van der Waals surface area contributed by atoms with Crippen molar-refractivity contribution in [2.45, 2.75) is 20.0 Å². The third kappa shape index (κ3) is 3.48. The van der Waals surface area contributed by atoms with Gasteiger partial charge in [0.2, 0.25) is 0 Å². The van der Waals surface area contributed by atoms with Crippen molar-refractivity contribution in [3.8, 4) is 5.75 Å². The quantitative estimate of drug-likeness (QED) is 0.759. The maximum atomic E-state index is 10.9. The van der Waals surface area contributed by atoms with Gasteiger partial charge in [0.25, 0.3) is 0 Å². The molecular weight excluding hydrogens is 254 g/mol. The molecule has 106 valence electrons. The summed E-state index contributed by atoms with van der Waals surface area (Å²) in [6, 6.07) is 9.37. The predicted octanol–water partition coefficient (Wildman–Crippen LogP) is 3.04. The molecule has 0 saturated carbocycles. The SMILES string of the molecule is COc1ccc(C=O)cc1CN(C)Cc1ccc(C)o1. The van der Waals surface area contributed by atoms with Crippen LogP contribution in [0.3, 0.4) is 0 Å². The van der Waals surface area contributed by atoms with Crippen LogP contribution in [-0.2, 0) is 13.1 Å². The minimum atomic E-state index is 0.656. The van der Waals surface area contributed by atoms with E-state index in [2.05, 4.69) is 4.90 Å². The highest BCUT2D eigenvalue weighted by atomic mass is 16.5. The first-order chi connectivity index (χ1) is 9.62. The largest absolute Gasteiger partial charge is 0.496 e. The van der Waals surface area contributed by atoms with Crippen LogP contribution < -0.4 is 4.74 Å². The van der Waals surface area contributed by atoms with Crippen LogP contribution in [0.5, 0.6) is 5.75 Å². The molecule has 4 heteroatoms. The van der Waals surface area contributed by atoms with Gasteiger partial charge in [-0.3, -0.25) is 9.69 Å². The van der Waals surface area contributed by atoms with Gasteiger partial charge in [-0.2, -0.15) is 0 Å². The molecule has 0 aliphatic heterocycles. The molecule has 0 aliphatic carbocycles. The van der Waals surface area contributed by atoms with Gasteiger partial charge in [0.1, 0.15) is 23.6 Å². The summed E-state index contributed by atoms with van der Waals surface area (Å²) in [6.07, 6.45) is 0.846. The Balaban J connectivity index is 2.09. The summed E-state index contributed by atoms with van der Waals surface area (Å²) < 4.78 is 10.9. The van der Waals surface area contributed by atoms with Gasteiger partial charge in [-0.05, 0) is 44.3 Å². The highest BCUT2D eigenvalue weighted by Gasteiger charge is 2.09. The molecule has 0 atom stereocenters. The van der Waals surface area contributed by atoms with Gasteiger partial charge >= 0.3 is 0 Å². The molecule has 4 nitrogen and oxygen atoms in total. The topological polar surface area (TPSA) is 42.7 Å². The minimum Gasteiger partial charge on any atom is -0.496 e. The first-order valence-corrected chi connectivity index (χ1v) is 6.48. The van der Waals surface area contributed by atoms with Crippen LogP contribution in [0.1, 0.15) is 27.4 Å². The molecule has 0 unspecified atom stereocenters. The Morgan fingerprint density at radius 2 is 2.05 bits per heavy atom. The smallest absolute Gasteiger partial charge is 0.150 e. The summed E-state index contributed by atoms with van der Waals surface area (Å²) in [4.78, 5) is 13.0. The number of methoxy groups -OCH3 is 1.